The molecule has 0 radical (unpaired) electrons. The van der Waals surface area contributed by atoms with Crippen molar-refractivity contribution in [2.24, 2.45) is 5.73 Å². The molecule has 1 unspecified atom stereocenters. The molecule has 1 rings (SSSR count). The Kier molecular flexibility index (Phi) is 8.30. The molecule has 5 nitrogen and oxygen atoms in total. The van der Waals surface area contributed by atoms with E-state index < -0.39 is 17.7 Å². The van der Waals surface area contributed by atoms with E-state index in [9.17, 15) is 9.90 Å². The fourth-order valence-corrected chi connectivity index (χ4v) is 3.05. The molecular formula is C23H35NO4. The molecule has 0 aromatic carbocycles. The third kappa shape index (κ3) is 6.71. The molecule has 3 N–H and O–H groups in total. The van der Waals surface area contributed by atoms with Crippen molar-refractivity contribution in [3.05, 3.63) is 58.1 Å². The van der Waals surface area contributed by atoms with Crippen molar-refractivity contribution in [3.8, 4) is 0 Å². The molecule has 1 saturated heterocycles. The van der Waals surface area contributed by atoms with Crippen LogP contribution in [0.25, 0.3) is 0 Å². The van der Waals surface area contributed by atoms with Crippen molar-refractivity contribution in [2.45, 2.75) is 73.0 Å². The summed E-state index contributed by atoms with van der Waals surface area (Å²) in [5.41, 5.74) is 10.2. The van der Waals surface area contributed by atoms with E-state index >= 15 is 0 Å². The summed E-state index contributed by atoms with van der Waals surface area (Å²) in [6, 6.07) is 0. The van der Waals surface area contributed by atoms with Gasteiger partial charge in [-0.2, -0.15) is 0 Å². The van der Waals surface area contributed by atoms with E-state index in [1.807, 2.05) is 54.5 Å². The number of aliphatic carboxylic acids is 1. The molecule has 28 heavy (non-hydrogen) atoms. The predicted molar refractivity (Wildman–Crippen MR) is 114 cm³/mol. The largest absolute Gasteiger partial charge is 0.493 e. The summed E-state index contributed by atoms with van der Waals surface area (Å²) in [6.07, 6.45) is 4.31. The van der Waals surface area contributed by atoms with E-state index in [2.05, 4.69) is 6.58 Å². The normalized spacial score (nSPS) is 17.8. The fourth-order valence-electron chi connectivity index (χ4n) is 3.05. The Balaban J connectivity index is 3.43. The zero-order valence-corrected chi connectivity index (χ0v) is 18.3. The molecule has 0 aromatic rings. The molecule has 0 saturated carbocycles. The molecule has 0 bridgehead atoms. The van der Waals surface area contributed by atoms with Gasteiger partial charge in [-0.1, -0.05) is 17.7 Å². The summed E-state index contributed by atoms with van der Waals surface area (Å²) in [4.78, 5) is 12.0. The van der Waals surface area contributed by atoms with Crippen molar-refractivity contribution < 1.29 is 19.4 Å². The van der Waals surface area contributed by atoms with Crippen LogP contribution in [0.5, 0.6) is 0 Å². The monoisotopic (exact) mass is 389 g/mol. The lowest BCUT2D eigenvalue weighted by atomic mass is 9.90. The molecule has 156 valence electrons. The van der Waals surface area contributed by atoms with E-state index in [0.717, 1.165) is 35.3 Å². The Morgan fingerprint density at radius 3 is 2.29 bits per heavy atom. The maximum Gasteiger partial charge on any atom is 0.337 e. The van der Waals surface area contributed by atoms with Crippen LogP contribution in [0.2, 0.25) is 0 Å². The highest BCUT2D eigenvalue weighted by Gasteiger charge is 2.32. The van der Waals surface area contributed by atoms with Crippen molar-refractivity contribution in [3.63, 3.8) is 0 Å². The van der Waals surface area contributed by atoms with Crippen LogP contribution in [0.3, 0.4) is 0 Å². The molecule has 1 aliphatic heterocycles. The van der Waals surface area contributed by atoms with Crippen LogP contribution in [0.15, 0.2) is 58.1 Å². The van der Waals surface area contributed by atoms with Gasteiger partial charge in [-0.3, -0.25) is 0 Å². The second-order valence-corrected chi connectivity index (χ2v) is 8.45. The second-order valence-electron chi connectivity index (χ2n) is 8.45. The first-order valence-electron chi connectivity index (χ1n) is 9.59. The highest BCUT2D eigenvalue weighted by atomic mass is 16.5. The van der Waals surface area contributed by atoms with Crippen molar-refractivity contribution >= 4 is 5.97 Å². The quantitative estimate of drug-likeness (QED) is 0.623. The minimum Gasteiger partial charge on any atom is -0.493 e. The second kappa shape index (κ2) is 9.78. The van der Waals surface area contributed by atoms with Gasteiger partial charge in [0.1, 0.15) is 5.76 Å². The Hall–Kier alpha value is -2.27. The molecular weight excluding hydrogens is 354 g/mol. The molecule has 0 aliphatic carbocycles. The summed E-state index contributed by atoms with van der Waals surface area (Å²) >= 11 is 0. The number of nitrogens with two attached hydrogens (primary N) is 1. The summed E-state index contributed by atoms with van der Waals surface area (Å²) in [5, 5.41) is 9.85. The lowest BCUT2D eigenvalue weighted by Gasteiger charge is -2.29. The smallest absolute Gasteiger partial charge is 0.337 e. The standard InChI is InChI=1S/C23H35NO4/c1-14(2)19(17(24)11-12-18-16(5)10-9-13-27-18)20(15(3)4)21(22(25)26)28-23(6,7)8/h11-12,21H,5,9-10,13,24H2,1-4,6-8H3,(H,25,26)/b17-11-,18-12+. The first-order chi connectivity index (χ1) is 12.8. The van der Waals surface area contributed by atoms with Crippen molar-refractivity contribution in [1.29, 1.82) is 0 Å². The van der Waals surface area contributed by atoms with Gasteiger partial charge in [0, 0.05) is 11.3 Å². The minimum absolute atomic E-state index is 0.467. The zero-order chi connectivity index (χ0) is 21.6. The predicted octanol–water partition coefficient (Wildman–Crippen LogP) is 5.02. The number of carboxylic acid groups (broad SMARTS) is 1. The number of hydrogen-bond donors (Lipinski definition) is 2. The molecule has 1 fully saturated rings. The van der Waals surface area contributed by atoms with Crippen LogP contribution in [0.1, 0.15) is 61.3 Å². The lowest BCUT2D eigenvalue weighted by molar-refractivity contribution is -0.155. The van der Waals surface area contributed by atoms with E-state index in [1.54, 1.807) is 6.08 Å². The van der Waals surface area contributed by atoms with Crippen LogP contribution < -0.4 is 5.73 Å². The molecule has 0 amide bonds. The van der Waals surface area contributed by atoms with Crippen LogP contribution in [-0.2, 0) is 14.3 Å². The van der Waals surface area contributed by atoms with E-state index in [0.29, 0.717) is 23.5 Å². The summed E-state index contributed by atoms with van der Waals surface area (Å²) < 4.78 is 11.5. The van der Waals surface area contributed by atoms with Crippen LogP contribution in [0, 0.1) is 0 Å². The average molecular weight is 390 g/mol. The Morgan fingerprint density at radius 1 is 1.25 bits per heavy atom. The number of rotatable bonds is 6. The van der Waals surface area contributed by atoms with Crippen LogP contribution in [-0.4, -0.2) is 29.4 Å². The maximum absolute atomic E-state index is 12.0. The number of hydrogen-bond acceptors (Lipinski definition) is 4. The summed E-state index contributed by atoms with van der Waals surface area (Å²) in [7, 11) is 0. The zero-order valence-electron chi connectivity index (χ0n) is 18.3. The minimum atomic E-state index is -1.12. The highest BCUT2D eigenvalue weighted by molar-refractivity contribution is 5.79. The number of allylic oxidation sites excluding steroid dienone is 6. The third-order valence-corrected chi connectivity index (χ3v) is 4.20. The van der Waals surface area contributed by atoms with Crippen LogP contribution in [0.4, 0.5) is 0 Å². The summed E-state index contributed by atoms with van der Waals surface area (Å²) in [5.74, 6) is -0.318. The SMILES string of the molecule is C=C1CCCO/C1=C/C=C(\N)C(=C(C)C)C(=C(C)C)C(OC(C)(C)C)C(=O)O. The molecule has 1 atom stereocenters. The number of carboxylic acids is 1. The summed E-state index contributed by atoms with van der Waals surface area (Å²) in [6.45, 7) is 17.8. The maximum atomic E-state index is 12.0. The van der Waals surface area contributed by atoms with Crippen LogP contribution >= 0.6 is 0 Å². The van der Waals surface area contributed by atoms with Gasteiger partial charge in [-0.15, -0.1) is 0 Å². The van der Waals surface area contributed by atoms with Gasteiger partial charge in [0.05, 0.1) is 12.2 Å². The highest BCUT2D eigenvalue weighted by Crippen LogP contribution is 2.31. The van der Waals surface area contributed by atoms with Gasteiger partial charge in [0.25, 0.3) is 0 Å². The molecule has 0 aromatic heterocycles. The van der Waals surface area contributed by atoms with Crippen molar-refractivity contribution in [1.82, 2.24) is 0 Å². The van der Waals surface area contributed by atoms with E-state index in [4.69, 9.17) is 15.2 Å². The van der Waals surface area contributed by atoms with Gasteiger partial charge in [0.15, 0.2) is 6.10 Å². The molecule has 0 spiro atoms. The van der Waals surface area contributed by atoms with Crippen molar-refractivity contribution in [2.75, 3.05) is 6.61 Å². The van der Waals surface area contributed by atoms with Gasteiger partial charge < -0.3 is 20.3 Å². The fraction of sp³-hybridized carbons (Fsp3) is 0.522. The van der Waals surface area contributed by atoms with Gasteiger partial charge in [0.2, 0.25) is 0 Å². The van der Waals surface area contributed by atoms with Gasteiger partial charge in [-0.25, -0.2) is 4.79 Å². The Bertz CT molecular complexity index is 737. The topological polar surface area (TPSA) is 81.8 Å². The first kappa shape index (κ1) is 23.8. The van der Waals surface area contributed by atoms with Gasteiger partial charge in [-0.05, 0) is 84.6 Å². The molecule has 1 aliphatic rings. The van der Waals surface area contributed by atoms with E-state index in [1.165, 1.54) is 0 Å². The average Bonchev–Trinajstić information content (AvgIpc) is 2.55. The molecule has 5 heteroatoms. The Morgan fingerprint density at radius 2 is 1.86 bits per heavy atom. The molecule has 1 heterocycles. The lowest BCUT2D eigenvalue weighted by Crippen LogP contribution is -2.36. The third-order valence-electron chi connectivity index (χ3n) is 4.20. The number of ether oxygens (including phenoxy) is 2. The van der Waals surface area contributed by atoms with Gasteiger partial charge >= 0.3 is 5.97 Å². The van der Waals surface area contributed by atoms with E-state index in [-0.39, 0.29) is 0 Å². The number of carbonyl (C=O) groups is 1. The first-order valence-corrected chi connectivity index (χ1v) is 9.59. The Labute approximate surface area is 169 Å².